The second kappa shape index (κ2) is 7.31. The summed E-state index contributed by atoms with van der Waals surface area (Å²) < 4.78 is 10.9. The van der Waals surface area contributed by atoms with Crippen molar-refractivity contribution in [2.45, 2.75) is 13.2 Å². The number of fused-ring (bicyclic) bond motifs is 1. The smallest absolute Gasteiger partial charge is 0.270 e. The largest absolute Gasteiger partial charge is 0.467 e. The van der Waals surface area contributed by atoms with Crippen LogP contribution in [0.5, 0.6) is 5.75 Å². The molecule has 7 heteroatoms. The molecule has 136 valence electrons. The SMILES string of the molecule is O=[N+]([O-])c1cc2c(c(CN3CCN(c4ccccc4)CC3)c1)OCOC2. The molecule has 7 nitrogen and oxygen atoms in total. The highest BCUT2D eigenvalue weighted by atomic mass is 16.7. The van der Waals surface area contributed by atoms with Crippen molar-refractivity contribution < 1.29 is 14.4 Å². The Morgan fingerprint density at radius 3 is 2.58 bits per heavy atom. The lowest BCUT2D eigenvalue weighted by atomic mass is 10.1. The summed E-state index contributed by atoms with van der Waals surface area (Å²) in [6.07, 6.45) is 0. The van der Waals surface area contributed by atoms with Crippen molar-refractivity contribution in [2.75, 3.05) is 37.9 Å². The number of hydrogen-bond donors (Lipinski definition) is 0. The molecule has 2 aromatic carbocycles. The summed E-state index contributed by atoms with van der Waals surface area (Å²) in [6.45, 7) is 4.87. The van der Waals surface area contributed by atoms with Crippen LogP contribution in [0.1, 0.15) is 11.1 Å². The Kier molecular flexibility index (Phi) is 4.73. The van der Waals surface area contributed by atoms with Gasteiger partial charge in [-0.15, -0.1) is 0 Å². The molecule has 0 bridgehead atoms. The molecule has 0 atom stereocenters. The minimum atomic E-state index is -0.355. The summed E-state index contributed by atoms with van der Waals surface area (Å²) >= 11 is 0. The summed E-state index contributed by atoms with van der Waals surface area (Å²) in [5.41, 5.74) is 2.95. The molecule has 0 radical (unpaired) electrons. The Balaban J connectivity index is 1.48. The van der Waals surface area contributed by atoms with E-state index < -0.39 is 0 Å². The van der Waals surface area contributed by atoms with E-state index in [1.54, 1.807) is 12.1 Å². The van der Waals surface area contributed by atoms with E-state index in [4.69, 9.17) is 9.47 Å². The number of ether oxygens (including phenoxy) is 2. The van der Waals surface area contributed by atoms with Crippen molar-refractivity contribution in [3.05, 3.63) is 63.7 Å². The summed E-state index contributed by atoms with van der Waals surface area (Å²) in [7, 11) is 0. The molecule has 2 aromatic rings. The van der Waals surface area contributed by atoms with Crippen molar-refractivity contribution in [1.29, 1.82) is 0 Å². The quantitative estimate of drug-likeness (QED) is 0.621. The number of rotatable bonds is 4. The summed E-state index contributed by atoms with van der Waals surface area (Å²) in [5, 5.41) is 11.2. The van der Waals surface area contributed by atoms with Gasteiger partial charge in [0, 0.05) is 61.7 Å². The molecule has 2 aliphatic heterocycles. The minimum absolute atomic E-state index is 0.0933. The zero-order chi connectivity index (χ0) is 17.9. The van der Waals surface area contributed by atoms with E-state index in [0.717, 1.165) is 43.1 Å². The van der Waals surface area contributed by atoms with Gasteiger partial charge in [0.1, 0.15) is 5.75 Å². The lowest BCUT2D eigenvalue weighted by Crippen LogP contribution is -2.46. The first-order valence-corrected chi connectivity index (χ1v) is 8.74. The van der Waals surface area contributed by atoms with Crippen LogP contribution in [0.15, 0.2) is 42.5 Å². The van der Waals surface area contributed by atoms with Gasteiger partial charge in [0.05, 0.1) is 11.5 Å². The Morgan fingerprint density at radius 1 is 1.08 bits per heavy atom. The Bertz CT molecular complexity index is 789. The zero-order valence-electron chi connectivity index (χ0n) is 14.5. The van der Waals surface area contributed by atoms with Crippen molar-refractivity contribution in [3.8, 4) is 5.75 Å². The van der Waals surface area contributed by atoms with Crippen molar-refractivity contribution >= 4 is 11.4 Å². The topological polar surface area (TPSA) is 68.1 Å². The van der Waals surface area contributed by atoms with Crippen LogP contribution >= 0.6 is 0 Å². The van der Waals surface area contributed by atoms with Crippen LogP contribution in [-0.2, 0) is 17.9 Å². The molecule has 0 saturated carbocycles. The van der Waals surface area contributed by atoms with Crippen LogP contribution in [-0.4, -0.2) is 42.8 Å². The van der Waals surface area contributed by atoms with Gasteiger partial charge in [-0.2, -0.15) is 0 Å². The van der Waals surface area contributed by atoms with Crippen LogP contribution in [0.3, 0.4) is 0 Å². The zero-order valence-corrected chi connectivity index (χ0v) is 14.5. The lowest BCUT2D eigenvalue weighted by molar-refractivity contribution is -0.385. The van der Waals surface area contributed by atoms with Crippen LogP contribution in [0, 0.1) is 10.1 Å². The highest BCUT2D eigenvalue weighted by molar-refractivity contribution is 5.51. The van der Waals surface area contributed by atoms with Crippen LogP contribution in [0.4, 0.5) is 11.4 Å². The number of anilines is 1. The predicted molar refractivity (Wildman–Crippen MR) is 97.3 cm³/mol. The van der Waals surface area contributed by atoms with Gasteiger partial charge in [0.25, 0.3) is 5.69 Å². The first-order chi connectivity index (χ1) is 12.7. The van der Waals surface area contributed by atoms with Gasteiger partial charge >= 0.3 is 0 Å². The third-order valence-corrected chi connectivity index (χ3v) is 4.87. The number of benzene rings is 2. The normalized spacial score (nSPS) is 17.5. The molecular weight excluding hydrogens is 334 g/mol. The van der Waals surface area contributed by atoms with Gasteiger partial charge in [0.15, 0.2) is 6.79 Å². The molecule has 0 spiro atoms. The van der Waals surface area contributed by atoms with Gasteiger partial charge in [-0.05, 0) is 12.1 Å². The fourth-order valence-corrected chi connectivity index (χ4v) is 3.55. The number of nitrogens with zero attached hydrogens (tertiary/aromatic N) is 3. The maximum atomic E-state index is 11.2. The number of hydrogen-bond acceptors (Lipinski definition) is 6. The average molecular weight is 355 g/mol. The average Bonchev–Trinajstić information content (AvgIpc) is 2.69. The number of nitro benzene ring substituents is 1. The van der Waals surface area contributed by atoms with E-state index in [9.17, 15) is 10.1 Å². The van der Waals surface area contributed by atoms with Gasteiger partial charge < -0.3 is 14.4 Å². The van der Waals surface area contributed by atoms with Gasteiger partial charge in [-0.1, -0.05) is 18.2 Å². The third-order valence-electron chi connectivity index (χ3n) is 4.87. The third kappa shape index (κ3) is 3.49. The summed E-state index contributed by atoms with van der Waals surface area (Å²) in [6, 6.07) is 13.6. The van der Waals surface area contributed by atoms with E-state index in [-0.39, 0.29) is 17.4 Å². The molecule has 0 N–H and O–H groups in total. The second-order valence-electron chi connectivity index (χ2n) is 6.56. The Labute approximate surface area is 151 Å². The van der Waals surface area contributed by atoms with E-state index in [2.05, 4.69) is 34.1 Å². The molecule has 0 aromatic heterocycles. The van der Waals surface area contributed by atoms with Crippen molar-refractivity contribution in [3.63, 3.8) is 0 Å². The summed E-state index contributed by atoms with van der Waals surface area (Å²) in [4.78, 5) is 15.6. The van der Waals surface area contributed by atoms with Crippen LogP contribution < -0.4 is 9.64 Å². The molecule has 0 aliphatic carbocycles. The van der Waals surface area contributed by atoms with E-state index >= 15 is 0 Å². The monoisotopic (exact) mass is 355 g/mol. The standard InChI is InChI=1S/C19H21N3O4/c23-22(24)18-10-15(19-16(11-18)13-25-14-26-19)12-20-6-8-21(9-7-20)17-4-2-1-3-5-17/h1-5,10-11H,6-9,12-14H2. The van der Waals surface area contributed by atoms with Crippen LogP contribution in [0.25, 0.3) is 0 Å². The fourth-order valence-electron chi connectivity index (χ4n) is 3.55. The summed E-state index contributed by atoms with van der Waals surface area (Å²) in [5.74, 6) is 0.743. The maximum absolute atomic E-state index is 11.2. The molecule has 1 saturated heterocycles. The minimum Gasteiger partial charge on any atom is -0.467 e. The maximum Gasteiger partial charge on any atom is 0.270 e. The molecule has 4 rings (SSSR count). The number of para-hydroxylation sites is 1. The molecule has 1 fully saturated rings. The molecule has 26 heavy (non-hydrogen) atoms. The Hall–Kier alpha value is -2.64. The van der Waals surface area contributed by atoms with Crippen molar-refractivity contribution in [2.24, 2.45) is 0 Å². The van der Waals surface area contributed by atoms with Gasteiger partial charge in [-0.3, -0.25) is 15.0 Å². The number of nitro groups is 1. The number of non-ortho nitro benzene ring substituents is 1. The predicted octanol–water partition coefficient (Wildman–Crippen LogP) is 2.78. The van der Waals surface area contributed by atoms with Gasteiger partial charge in [0.2, 0.25) is 0 Å². The highest BCUT2D eigenvalue weighted by Crippen LogP contribution is 2.33. The first kappa shape index (κ1) is 16.8. The van der Waals surface area contributed by atoms with E-state index in [0.29, 0.717) is 13.2 Å². The second-order valence-corrected chi connectivity index (χ2v) is 6.56. The van der Waals surface area contributed by atoms with Crippen molar-refractivity contribution in [1.82, 2.24) is 4.90 Å². The molecule has 2 aliphatic rings. The molecule has 0 unspecified atom stereocenters. The highest BCUT2D eigenvalue weighted by Gasteiger charge is 2.24. The number of piperazine rings is 1. The van der Waals surface area contributed by atoms with E-state index in [1.807, 2.05) is 6.07 Å². The van der Waals surface area contributed by atoms with Gasteiger partial charge in [-0.25, -0.2) is 0 Å². The van der Waals surface area contributed by atoms with Crippen LogP contribution in [0.2, 0.25) is 0 Å². The van der Waals surface area contributed by atoms with E-state index in [1.165, 1.54) is 5.69 Å². The first-order valence-electron chi connectivity index (χ1n) is 8.74. The molecule has 2 heterocycles. The Morgan fingerprint density at radius 2 is 1.85 bits per heavy atom. The molecular formula is C19H21N3O4. The fraction of sp³-hybridized carbons (Fsp3) is 0.368. The molecule has 0 amide bonds. The lowest BCUT2D eigenvalue weighted by Gasteiger charge is -2.36.